The van der Waals surface area contributed by atoms with Crippen molar-refractivity contribution in [1.82, 2.24) is 10.6 Å². The number of rotatable bonds is 5. The minimum absolute atomic E-state index is 0.0810. The lowest BCUT2D eigenvalue weighted by atomic mass is 10.0. The molecule has 2 aromatic rings. The fourth-order valence-corrected chi connectivity index (χ4v) is 4.19. The van der Waals surface area contributed by atoms with Gasteiger partial charge in [-0.15, -0.1) is 0 Å². The third-order valence-electron chi connectivity index (χ3n) is 6.08. The molecule has 0 aliphatic carbocycles. The molecule has 0 saturated carbocycles. The third-order valence-corrected chi connectivity index (χ3v) is 6.08. The number of anilines is 1. The highest BCUT2D eigenvalue weighted by atomic mass is 16.5. The first kappa shape index (κ1) is 24.8. The van der Waals surface area contributed by atoms with Crippen molar-refractivity contribution in [2.24, 2.45) is 5.92 Å². The maximum absolute atomic E-state index is 13.0. The molecule has 0 saturated heterocycles. The summed E-state index contributed by atoms with van der Waals surface area (Å²) in [5.41, 5.74) is 3.40. The molecule has 0 fully saturated rings. The van der Waals surface area contributed by atoms with Crippen molar-refractivity contribution in [2.75, 3.05) is 25.1 Å². The molecular formula is C27H37N3O3. The molecule has 1 aliphatic rings. The predicted molar refractivity (Wildman–Crippen MR) is 133 cm³/mol. The molecule has 0 unspecified atom stereocenters. The Bertz CT molecular complexity index is 942. The molecule has 0 atom stereocenters. The van der Waals surface area contributed by atoms with Crippen LogP contribution in [0, 0.1) is 5.92 Å². The van der Waals surface area contributed by atoms with Crippen LogP contribution in [0.15, 0.2) is 42.5 Å². The number of fused-ring (bicyclic) bond motifs is 1. The first-order valence-electron chi connectivity index (χ1n) is 12.1. The van der Waals surface area contributed by atoms with Gasteiger partial charge in [0.15, 0.2) is 0 Å². The number of hydrogen-bond acceptors (Lipinski definition) is 4. The summed E-state index contributed by atoms with van der Waals surface area (Å²) in [6, 6.07) is 13.3. The summed E-state index contributed by atoms with van der Waals surface area (Å²) in [6.07, 6.45) is 5.66. The number of methoxy groups -OCH3 is 1. The zero-order chi connectivity index (χ0) is 23.6. The molecule has 2 aromatic carbocycles. The van der Waals surface area contributed by atoms with Gasteiger partial charge in [-0.2, -0.15) is 0 Å². The van der Waals surface area contributed by atoms with E-state index in [2.05, 4.69) is 10.6 Å². The average molecular weight is 452 g/mol. The van der Waals surface area contributed by atoms with Crippen molar-refractivity contribution in [3.8, 4) is 5.75 Å². The highest BCUT2D eigenvalue weighted by Crippen LogP contribution is 2.26. The van der Waals surface area contributed by atoms with Gasteiger partial charge in [-0.1, -0.05) is 51.3 Å². The molecule has 0 radical (unpaired) electrons. The van der Waals surface area contributed by atoms with Crippen LogP contribution in [0.1, 0.15) is 67.4 Å². The summed E-state index contributed by atoms with van der Waals surface area (Å²) in [5, 5.41) is 6.50. The Morgan fingerprint density at radius 3 is 2.61 bits per heavy atom. The van der Waals surface area contributed by atoms with Gasteiger partial charge in [-0.3, -0.25) is 9.59 Å². The van der Waals surface area contributed by atoms with Gasteiger partial charge in [-0.05, 0) is 49.2 Å². The largest absolute Gasteiger partial charge is 0.496 e. The Labute approximate surface area is 197 Å². The summed E-state index contributed by atoms with van der Waals surface area (Å²) >= 11 is 0. The molecular weight excluding hydrogens is 414 g/mol. The van der Waals surface area contributed by atoms with E-state index >= 15 is 0 Å². The van der Waals surface area contributed by atoms with E-state index in [0.29, 0.717) is 25.2 Å². The van der Waals surface area contributed by atoms with Gasteiger partial charge in [0.1, 0.15) is 5.75 Å². The molecule has 6 heteroatoms. The van der Waals surface area contributed by atoms with Crippen LogP contribution < -0.4 is 20.3 Å². The SMILES string of the molecule is COc1ccccc1CNC(=O)c1ccc2c(c1)CNCCCCCCCN2C(=O)C(C)C. The Hall–Kier alpha value is -2.86. The molecule has 1 aliphatic heterocycles. The number of ether oxygens (including phenoxy) is 1. The van der Waals surface area contributed by atoms with E-state index in [0.717, 1.165) is 48.4 Å². The Kier molecular flexibility index (Phi) is 9.31. The molecule has 0 aromatic heterocycles. The third kappa shape index (κ3) is 6.81. The highest BCUT2D eigenvalue weighted by molar-refractivity contribution is 5.98. The van der Waals surface area contributed by atoms with Crippen LogP contribution >= 0.6 is 0 Å². The van der Waals surface area contributed by atoms with Gasteiger partial charge in [0.05, 0.1) is 7.11 Å². The Morgan fingerprint density at radius 1 is 1.06 bits per heavy atom. The van der Waals surface area contributed by atoms with E-state index in [1.54, 1.807) is 7.11 Å². The lowest BCUT2D eigenvalue weighted by molar-refractivity contribution is -0.121. The monoisotopic (exact) mass is 451 g/mol. The standard InChI is InChI=1S/C27H37N3O3/c1-20(2)27(32)30-16-10-6-4-5-9-15-28-18-23-17-21(13-14-24(23)30)26(31)29-19-22-11-7-8-12-25(22)33-3/h7-8,11-14,17,20,28H,4-6,9-10,15-16,18-19H2,1-3H3,(H,29,31). The number of amides is 2. The molecule has 2 N–H and O–H groups in total. The van der Waals surface area contributed by atoms with Gasteiger partial charge >= 0.3 is 0 Å². The van der Waals surface area contributed by atoms with Crippen molar-refractivity contribution in [3.05, 3.63) is 59.2 Å². The number of para-hydroxylation sites is 1. The van der Waals surface area contributed by atoms with Crippen LogP contribution in [-0.4, -0.2) is 32.0 Å². The summed E-state index contributed by atoms with van der Waals surface area (Å²) in [6.45, 7) is 6.54. The molecule has 3 rings (SSSR count). The first-order chi connectivity index (χ1) is 16.0. The van der Waals surface area contributed by atoms with Gasteiger partial charge < -0.3 is 20.3 Å². The van der Waals surface area contributed by atoms with Crippen molar-refractivity contribution in [2.45, 2.75) is 59.0 Å². The van der Waals surface area contributed by atoms with E-state index in [1.807, 2.05) is 61.2 Å². The maximum atomic E-state index is 13.0. The van der Waals surface area contributed by atoms with Crippen LogP contribution in [0.2, 0.25) is 0 Å². The quantitative estimate of drug-likeness (QED) is 0.693. The average Bonchev–Trinajstić information content (AvgIpc) is 2.82. The number of carbonyl (C=O) groups excluding carboxylic acids is 2. The van der Waals surface area contributed by atoms with Gasteiger partial charge in [0.2, 0.25) is 5.91 Å². The van der Waals surface area contributed by atoms with E-state index < -0.39 is 0 Å². The molecule has 1 heterocycles. The lowest BCUT2D eigenvalue weighted by Gasteiger charge is -2.28. The van der Waals surface area contributed by atoms with Crippen LogP contribution in [0.4, 0.5) is 5.69 Å². The normalized spacial score (nSPS) is 15.2. The molecule has 178 valence electrons. The van der Waals surface area contributed by atoms with Crippen molar-refractivity contribution in [3.63, 3.8) is 0 Å². The van der Waals surface area contributed by atoms with Crippen LogP contribution in [0.3, 0.4) is 0 Å². The molecule has 33 heavy (non-hydrogen) atoms. The minimum Gasteiger partial charge on any atom is -0.496 e. The fourth-order valence-electron chi connectivity index (χ4n) is 4.19. The van der Waals surface area contributed by atoms with Gasteiger partial charge in [0.25, 0.3) is 5.91 Å². The van der Waals surface area contributed by atoms with Crippen LogP contribution in [-0.2, 0) is 17.9 Å². The second kappa shape index (κ2) is 12.4. The zero-order valence-corrected chi connectivity index (χ0v) is 20.2. The number of hydrogen-bond donors (Lipinski definition) is 2. The van der Waals surface area contributed by atoms with E-state index in [-0.39, 0.29) is 17.7 Å². The Balaban J connectivity index is 1.83. The van der Waals surface area contributed by atoms with E-state index in [9.17, 15) is 9.59 Å². The second-order valence-electron chi connectivity index (χ2n) is 8.93. The minimum atomic E-state index is -0.142. The summed E-state index contributed by atoms with van der Waals surface area (Å²) < 4.78 is 5.38. The zero-order valence-electron chi connectivity index (χ0n) is 20.2. The topological polar surface area (TPSA) is 70.7 Å². The maximum Gasteiger partial charge on any atom is 0.251 e. The number of nitrogens with one attached hydrogen (secondary N) is 2. The number of carbonyl (C=O) groups is 2. The van der Waals surface area contributed by atoms with Crippen molar-refractivity contribution < 1.29 is 14.3 Å². The van der Waals surface area contributed by atoms with Crippen LogP contribution in [0.5, 0.6) is 5.75 Å². The van der Waals surface area contributed by atoms with E-state index in [4.69, 9.17) is 4.74 Å². The fraction of sp³-hybridized carbons (Fsp3) is 0.481. The van der Waals surface area contributed by atoms with Crippen molar-refractivity contribution >= 4 is 17.5 Å². The molecule has 0 bridgehead atoms. The summed E-state index contributed by atoms with van der Waals surface area (Å²) in [4.78, 5) is 27.9. The molecule has 0 spiro atoms. The predicted octanol–water partition coefficient (Wildman–Crippen LogP) is 4.67. The summed E-state index contributed by atoms with van der Waals surface area (Å²) in [5.74, 6) is 0.656. The van der Waals surface area contributed by atoms with E-state index in [1.165, 1.54) is 12.8 Å². The van der Waals surface area contributed by atoms with Gasteiger partial charge in [-0.25, -0.2) is 0 Å². The second-order valence-corrected chi connectivity index (χ2v) is 8.93. The lowest BCUT2D eigenvalue weighted by Crippen LogP contribution is -2.36. The molecule has 2 amide bonds. The van der Waals surface area contributed by atoms with Gasteiger partial charge in [0, 0.05) is 42.4 Å². The summed E-state index contributed by atoms with van der Waals surface area (Å²) in [7, 11) is 1.63. The first-order valence-corrected chi connectivity index (χ1v) is 12.1. The van der Waals surface area contributed by atoms with Crippen molar-refractivity contribution in [1.29, 1.82) is 0 Å². The highest BCUT2D eigenvalue weighted by Gasteiger charge is 2.22. The molecule has 6 nitrogen and oxygen atoms in total. The smallest absolute Gasteiger partial charge is 0.251 e. The van der Waals surface area contributed by atoms with Crippen LogP contribution in [0.25, 0.3) is 0 Å². The number of nitrogens with zero attached hydrogens (tertiary/aromatic N) is 1. The number of benzene rings is 2. The Morgan fingerprint density at radius 2 is 1.82 bits per heavy atom.